The third-order valence-electron chi connectivity index (χ3n) is 4.96. The summed E-state index contributed by atoms with van der Waals surface area (Å²) in [7, 11) is 0. The molecule has 5 heterocycles. The molecule has 5 rings (SSSR count). The van der Waals surface area contributed by atoms with Crippen LogP contribution in [-0.2, 0) is 11.3 Å². The van der Waals surface area contributed by atoms with Crippen molar-refractivity contribution in [1.82, 2.24) is 24.5 Å². The lowest BCUT2D eigenvalue weighted by Gasteiger charge is -2.09. The molecular weight excluding hydrogens is 340 g/mol. The molecular formula is C20H18N6O. The molecule has 27 heavy (non-hydrogen) atoms. The van der Waals surface area contributed by atoms with Gasteiger partial charge in [-0.1, -0.05) is 6.07 Å². The topological polar surface area (TPSA) is 79.7 Å². The summed E-state index contributed by atoms with van der Waals surface area (Å²) in [5, 5.41) is 1.02. The first-order valence-electron chi connectivity index (χ1n) is 8.88. The minimum absolute atomic E-state index is 0.00410. The van der Waals surface area contributed by atoms with Gasteiger partial charge in [0.15, 0.2) is 0 Å². The number of nitrogens with zero attached hydrogens (tertiary/aromatic N) is 5. The molecule has 7 heteroatoms. The van der Waals surface area contributed by atoms with E-state index in [-0.39, 0.29) is 5.91 Å². The van der Waals surface area contributed by atoms with Crippen molar-refractivity contribution in [1.29, 1.82) is 0 Å². The maximum absolute atomic E-state index is 12.1. The zero-order valence-electron chi connectivity index (χ0n) is 15.1. The molecule has 0 aliphatic carbocycles. The Morgan fingerprint density at radius 2 is 2.04 bits per heavy atom. The molecule has 0 radical (unpaired) electrons. The Labute approximate surface area is 155 Å². The van der Waals surface area contributed by atoms with Crippen LogP contribution in [0.15, 0.2) is 42.7 Å². The van der Waals surface area contributed by atoms with Crippen LogP contribution in [0.5, 0.6) is 0 Å². The van der Waals surface area contributed by atoms with Crippen LogP contribution < -0.4 is 4.90 Å². The number of imidazole rings is 1. The lowest BCUT2D eigenvalue weighted by Crippen LogP contribution is -2.26. The van der Waals surface area contributed by atoms with E-state index in [0.29, 0.717) is 19.0 Å². The van der Waals surface area contributed by atoms with E-state index in [1.807, 2.05) is 43.5 Å². The van der Waals surface area contributed by atoms with Crippen LogP contribution in [0.4, 0.5) is 5.95 Å². The van der Waals surface area contributed by atoms with Gasteiger partial charge in [0.1, 0.15) is 11.3 Å². The van der Waals surface area contributed by atoms with Gasteiger partial charge >= 0.3 is 0 Å². The molecule has 0 saturated carbocycles. The number of rotatable bonds is 2. The zero-order valence-corrected chi connectivity index (χ0v) is 15.1. The van der Waals surface area contributed by atoms with Crippen molar-refractivity contribution in [2.45, 2.75) is 20.4 Å². The molecule has 4 aromatic rings. The molecule has 0 unspecified atom stereocenters. The fourth-order valence-electron chi connectivity index (χ4n) is 3.75. The van der Waals surface area contributed by atoms with E-state index in [2.05, 4.69) is 19.5 Å². The third-order valence-corrected chi connectivity index (χ3v) is 4.96. The highest BCUT2D eigenvalue weighted by molar-refractivity contribution is 5.98. The molecule has 0 bridgehead atoms. The maximum Gasteiger partial charge on any atom is 0.226 e. The fourth-order valence-corrected chi connectivity index (χ4v) is 3.75. The van der Waals surface area contributed by atoms with Crippen LogP contribution in [0.25, 0.3) is 33.7 Å². The molecule has 134 valence electrons. The number of hydrogen-bond acceptors (Lipinski definition) is 4. The second-order valence-corrected chi connectivity index (χ2v) is 6.69. The number of amides is 1. The molecule has 0 fully saturated rings. The van der Waals surface area contributed by atoms with Gasteiger partial charge in [0.25, 0.3) is 0 Å². The van der Waals surface area contributed by atoms with Crippen LogP contribution >= 0.6 is 0 Å². The second-order valence-electron chi connectivity index (χ2n) is 6.69. The molecule has 1 N–H and O–H groups in total. The van der Waals surface area contributed by atoms with Crippen molar-refractivity contribution >= 4 is 22.9 Å². The number of fused-ring (bicyclic) bond motifs is 2. The smallest absolute Gasteiger partial charge is 0.226 e. The van der Waals surface area contributed by atoms with Gasteiger partial charge in [-0.15, -0.1) is 0 Å². The van der Waals surface area contributed by atoms with Crippen molar-refractivity contribution in [3.63, 3.8) is 0 Å². The molecule has 1 aliphatic heterocycles. The van der Waals surface area contributed by atoms with E-state index < -0.39 is 0 Å². The minimum atomic E-state index is -0.00410. The number of aryl methyl sites for hydroxylation is 1. The second kappa shape index (κ2) is 5.77. The summed E-state index contributed by atoms with van der Waals surface area (Å²) in [6, 6.07) is 9.92. The molecule has 0 atom stereocenters. The normalized spacial score (nSPS) is 13.3. The number of aromatic nitrogens is 5. The SMILES string of the molecule is CC(=O)N1CCn2c1nc(-c1cccc(C)n1)c2-c1ccnc2[nH]ccc12. The molecule has 0 spiro atoms. The van der Waals surface area contributed by atoms with Crippen LogP contribution in [0.3, 0.4) is 0 Å². The summed E-state index contributed by atoms with van der Waals surface area (Å²) in [5.74, 6) is 0.673. The van der Waals surface area contributed by atoms with Crippen LogP contribution in [-0.4, -0.2) is 37.0 Å². The monoisotopic (exact) mass is 358 g/mol. The number of nitrogens with one attached hydrogen (secondary N) is 1. The average molecular weight is 358 g/mol. The number of anilines is 1. The van der Waals surface area contributed by atoms with E-state index in [0.717, 1.165) is 39.4 Å². The van der Waals surface area contributed by atoms with Crippen molar-refractivity contribution in [2.24, 2.45) is 0 Å². The molecule has 1 amide bonds. The van der Waals surface area contributed by atoms with Crippen molar-refractivity contribution < 1.29 is 4.79 Å². The van der Waals surface area contributed by atoms with E-state index >= 15 is 0 Å². The first kappa shape index (κ1) is 15.7. The quantitative estimate of drug-likeness (QED) is 0.597. The predicted octanol–water partition coefficient (Wildman–Crippen LogP) is 3.16. The molecule has 0 saturated heterocycles. The Kier molecular flexibility index (Phi) is 3.36. The van der Waals surface area contributed by atoms with Crippen LogP contribution in [0.1, 0.15) is 12.6 Å². The number of carbonyl (C=O) groups excluding carboxylic acids is 1. The average Bonchev–Trinajstić information content (AvgIpc) is 3.35. The molecule has 7 nitrogen and oxygen atoms in total. The van der Waals surface area contributed by atoms with Crippen molar-refractivity contribution in [2.75, 3.05) is 11.4 Å². The number of hydrogen-bond donors (Lipinski definition) is 1. The van der Waals surface area contributed by atoms with Gasteiger partial charge < -0.3 is 9.55 Å². The standard InChI is InChI=1S/C20H18N6O/c1-12-4-3-5-16(23-12)17-18(14-6-8-21-19-15(14)7-9-22-19)26-11-10-25(13(2)27)20(26)24-17/h3-9H,10-11H2,1-2H3,(H,21,22). The van der Waals surface area contributed by atoms with E-state index in [1.54, 1.807) is 18.0 Å². The third kappa shape index (κ3) is 2.35. The van der Waals surface area contributed by atoms with E-state index in [1.165, 1.54) is 0 Å². The highest BCUT2D eigenvalue weighted by Crippen LogP contribution is 2.39. The van der Waals surface area contributed by atoms with Gasteiger partial charge in [-0.2, -0.15) is 0 Å². The lowest BCUT2D eigenvalue weighted by atomic mass is 10.1. The number of H-pyrrole nitrogens is 1. The lowest BCUT2D eigenvalue weighted by molar-refractivity contribution is -0.116. The van der Waals surface area contributed by atoms with Crippen molar-refractivity contribution in [3.05, 3.63) is 48.4 Å². The maximum atomic E-state index is 12.1. The number of carbonyl (C=O) groups is 1. The van der Waals surface area contributed by atoms with Gasteiger partial charge in [-0.05, 0) is 31.2 Å². The predicted molar refractivity (Wildman–Crippen MR) is 103 cm³/mol. The van der Waals surface area contributed by atoms with Gasteiger partial charge in [0.05, 0.1) is 11.4 Å². The Morgan fingerprint density at radius 3 is 2.85 bits per heavy atom. The van der Waals surface area contributed by atoms with Crippen molar-refractivity contribution in [3.8, 4) is 22.6 Å². The fraction of sp³-hybridized carbons (Fsp3) is 0.200. The Hall–Kier alpha value is -3.48. The molecule has 0 aromatic carbocycles. The highest BCUT2D eigenvalue weighted by Gasteiger charge is 2.31. The van der Waals surface area contributed by atoms with Crippen LogP contribution in [0, 0.1) is 6.92 Å². The number of aromatic amines is 1. The van der Waals surface area contributed by atoms with Gasteiger partial charge in [0, 0.05) is 49.1 Å². The first-order valence-corrected chi connectivity index (χ1v) is 8.88. The van der Waals surface area contributed by atoms with Gasteiger partial charge in [-0.3, -0.25) is 14.7 Å². The Balaban J connectivity index is 1.83. The summed E-state index contributed by atoms with van der Waals surface area (Å²) in [6.07, 6.45) is 3.67. The molecule has 1 aliphatic rings. The largest absolute Gasteiger partial charge is 0.346 e. The minimum Gasteiger partial charge on any atom is -0.346 e. The first-order chi connectivity index (χ1) is 13.1. The summed E-state index contributed by atoms with van der Waals surface area (Å²) < 4.78 is 2.11. The highest BCUT2D eigenvalue weighted by atomic mass is 16.2. The Bertz CT molecular complexity index is 1190. The molecule has 4 aromatic heterocycles. The summed E-state index contributed by atoms with van der Waals surface area (Å²) in [6.45, 7) is 4.88. The zero-order chi connectivity index (χ0) is 18.5. The van der Waals surface area contributed by atoms with Crippen LogP contribution in [0.2, 0.25) is 0 Å². The van der Waals surface area contributed by atoms with E-state index in [4.69, 9.17) is 4.98 Å². The summed E-state index contributed by atoms with van der Waals surface area (Å²) >= 11 is 0. The van der Waals surface area contributed by atoms with Gasteiger partial charge in [-0.25, -0.2) is 9.97 Å². The van der Waals surface area contributed by atoms with Gasteiger partial charge in [0.2, 0.25) is 11.9 Å². The summed E-state index contributed by atoms with van der Waals surface area (Å²) in [4.78, 5) is 30.9. The summed E-state index contributed by atoms with van der Waals surface area (Å²) in [5.41, 5.74) is 5.34. The van der Waals surface area contributed by atoms with E-state index in [9.17, 15) is 4.79 Å². The number of pyridine rings is 2. The Morgan fingerprint density at radius 1 is 1.15 bits per heavy atom.